The minimum atomic E-state index is -3.18. The Hall–Kier alpha value is -2.31. The third kappa shape index (κ3) is 4.34. The normalized spacial score (nSPS) is 12.2. The molecule has 1 aromatic carbocycles. The number of rotatable bonds is 7. The van der Waals surface area contributed by atoms with Gasteiger partial charge in [-0.05, 0) is 30.7 Å². The van der Waals surface area contributed by atoms with E-state index in [0.29, 0.717) is 23.7 Å². The number of nitrogens with zero attached hydrogens (tertiary/aromatic N) is 2. The topological polar surface area (TPSA) is 44.2 Å². The first kappa shape index (κ1) is 16.1. The fourth-order valence-corrected chi connectivity index (χ4v) is 1.62. The molecule has 0 spiro atoms. The second-order valence-corrected chi connectivity index (χ2v) is 4.42. The van der Waals surface area contributed by atoms with Crippen LogP contribution in [-0.4, -0.2) is 29.4 Å². The molecule has 0 N–H and O–H groups in total. The van der Waals surface area contributed by atoms with Gasteiger partial charge in [-0.25, -0.2) is 18.7 Å². The molecule has 0 aliphatic heterocycles. The molecular weight excluding hydrogens is 297 g/mol. The Morgan fingerprint density at radius 2 is 1.64 bits per heavy atom. The summed E-state index contributed by atoms with van der Waals surface area (Å²) in [5.41, 5.74) is 0.654. The van der Waals surface area contributed by atoms with E-state index >= 15 is 0 Å². The van der Waals surface area contributed by atoms with Gasteiger partial charge in [-0.3, -0.25) is 0 Å². The summed E-state index contributed by atoms with van der Waals surface area (Å²) in [4.78, 5) is 8.30. The van der Waals surface area contributed by atoms with Crippen LogP contribution in [0.25, 0.3) is 11.4 Å². The summed E-state index contributed by atoms with van der Waals surface area (Å²) < 4.78 is 46.7. The second-order valence-electron chi connectivity index (χ2n) is 4.42. The fourth-order valence-electron chi connectivity index (χ4n) is 1.62. The van der Waals surface area contributed by atoms with Crippen molar-refractivity contribution in [1.82, 2.24) is 9.97 Å². The van der Waals surface area contributed by atoms with E-state index < -0.39 is 12.8 Å². The number of hydrogen-bond acceptors (Lipinski definition) is 4. The highest BCUT2D eigenvalue weighted by Gasteiger charge is 2.20. The summed E-state index contributed by atoms with van der Waals surface area (Å²) in [6.07, 6.45) is -1.83. The lowest BCUT2D eigenvalue weighted by molar-refractivity contribution is -0.0668. The Labute approximate surface area is 125 Å². The number of benzene rings is 1. The molecule has 0 aliphatic rings. The van der Waals surface area contributed by atoms with Gasteiger partial charge in [0.1, 0.15) is 5.75 Å². The van der Waals surface area contributed by atoms with E-state index in [-0.39, 0.29) is 5.75 Å². The third-order valence-electron chi connectivity index (χ3n) is 2.66. The minimum Gasteiger partial charge on any atom is -0.490 e. The lowest BCUT2D eigenvalue weighted by Gasteiger charge is -2.10. The van der Waals surface area contributed by atoms with Crippen LogP contribution in [0.15, 0.2) is 36.7 Å². The summed E-state index contributed by atoms with van der Waals surface area (Å²) >= 11 is 0. The maximum absolute atomic E-state index is 12.8. The predicted molar refractivity (Wildman–Crippen MR) is 74.8 cm³/mol. The Balaban J connectivity index is 2.03. The minimum absolute atomic E-state index is 0.0134. The molecule has 1 heterocycles. The standard InChI is InChI=1S/C15H15F3N2O2/c1-2-7-21-12-8-19-15(20-9-12)10-3-5-11(6-4-10)22-14(18)13(16)17/h3-6,8-9,13-14H,2,7H2,1H3. The van der Waals surface area contributed by atoms with Crippen molar-refractivity contribution in [3.05, 3.63) is 36.7 Å². The first-order valence-corrected chi connectivity index (χ1v) is 6.74. The zero-order chi connectivity index (χ0) is 15.9. The molecule has 0 bridgehead atoms. The van der Waals surface area contributed by atoms with Crippen molar-refractivity contribution >= 4 is 0 Å². The highest BCUT2D eigenvalue weighted by Crippen LogP contribution is 2.22. The van der Waals surface area contributed by atoms with Crippen LogP contribution in [0.4, 0.5) is 13.2 Å². The van der Waals surface area contributed by atoms with Gasteiger partial charge in [0, 0.05) is 5.56 Å². The number of aromatic nitrogens is 2. The smallest absolute Gasteiger partial charge is 0.304 e. The molecule has 2 aromatic rings. The van der Waals surface area contributed by atoms with E-state index in [9.17, 15) is 13.2 Å². The lowest BCUT2D eigenvalue weighted by Crippen LogP contribution is -2.19. The van der Waals surface area contributed by atoms with Crippen LogP contribution < -0.4 is 9.47 Å². The first-order chi connectivity index (χ1) is 10.6. The number of hydrogen-bond donors (Lipinski definition) is 0. The highest BCUT2D eigenvalue weighted by atomic mass is 19.3. The molecule has 118 valence electrons. The van der Waals surface area contributed by atoms with E-state index in [4.69, 9.17) is 4.74 Å². The van der Waals surface area contributed by atoms with Crippen molar-refractivity contribution in [3.8, 4) is 22.9 Å². The van der Waals surface area contributed by atoms with Crippen LogP contribution in [-0.2, 0) is 0 Å². The van der Waals surface area contributed by atoms with E-state index in [2.05, 4.69) is 14.7 Å². The molecule has 1 unspecified atom stereocenters. The predicted octanol–water partition coefficient (Wildman–Crippen LogP) is 3.87. The molecule has 1 aromatic heterocycles. The van der Waals surface area contributed by atoms with Gasteiger partial charge >= 0.3 is 6.43 Å². The maximum atomic E-state index is 12.8. The summed E-state index contributed by atoms with van der Waals surface area (Å²) in [5, 5.41) is 0. The highest BCUT2D eigenvalue weighted by molar-refractivity contribution is 5.56. The number of halogens is 3. The Morgan fingerprint density at radius 1 is 1.00 bits per heavy atom. The van der Waals surface area contributed by atoms with Crippen LogP contribution in [0.1, 0.15) is 13.3 Å². The van der Waals surface area contributed by atoms with Crippen molar-refractivity contribution < 1.29 is 22.6 Å². The van der Waals surface area contributed by atoms with Gasteiger partial charge in [0.15, 0.2) is 11.6 Å². The molecule has 7 heteroatoms. The van der Waals surface area contributed by atoms with Gasteiger partial charge in [0.2, 0.25) is 0 Å². The van der Waals surface area contributed by atoms with Crippen molar-refractivity contribution in [1.29, 1.82) is 0 Å². The molecule has 0 amide bonds. The van der Waals surface area contributed by atoms with Crippen LogP contribution >= 0.6 is 0 Å². The molecule has 0 radical (unpaired) electrons. The largest absolute Gasteiger partial charge is 0.490 e. The van der Waals surface area contributed by atoms with Crippen LogP contribution in [0.3, 0.4) is 0 Å². The molecule has 0 saturated carbocycles. The van der Waals surface area contributed by atoms with Crippen molar-refractivity contribution in [2.24, 2.45) is 0 Å². The van der Waals surface area contributed by atoms with Crippen LogP contribution in [0.5, 0.6) is 11.5 Å². The fraction of sp³-hybridized carbons (Fsp3) is 0.333. The summed E-state index contributed by atoms with van der Waals surface area (Å²) in [5.74, 6) is 1.03. The Kier molecular flexibility index (Phi) is 5.57. The average molecular weight is 312 g/mol. The van der Waals surface area contributed by atoms with E-state index in [1.165, 1.54) is 12.1 Å². The van der Waals surface area contributed by atoms with Crippen molar-refractivity contribution in [3.63, 3.8) is 0 Å². The molecule has 2 rings (SSSR count). The zero-order valence-corrected chi connectivity index (χ0v) is 11.9. The monoisotopic (exact) mass is 312 g/mol. The molecule has 22 heavy (non-hydrogen) atoms. The Bertz CT molecular complexity index is 576. The number of ether oxygens (including phenoxy) is 2. The first-order valence-electron chi connectivity index (χ1n) is 6.74. The van der Waals surface area contributed by atoms with Gasteiger partial charge in [-0.15, -0.1) is 0 Å². The quantitative estimate of drug-likeness (QED) is 0.778. The van der Waals surface area contributed by atoms with Crippen molar-refractivity contribution in [2.45, 2.75) is 26.1 Å². The van der Waals surface area contributed by atoms with Gasteiger partial charge in [0.05, 0.1) is 19.0 Å². The molecule has 4 nitrogen and oxygen atoms in total. The van der Waals surface area contributed by atoms with E-state index in [1.807, 2.05) is 6.92 Å². The average Bonchev–Trinajstić information content (AvgIpc) is 2.54. The molecule has 1 atom stereocenters. The third-order valence-corrected chi connectivity index (χ3v) is 2.66. The van der Waals surface area contributed by atoms with Gasteiger partial charge in [-0.1, -0.05) is 6.92 Å². The summed E-state index contributed by atoms with van der Waals surface area (Å²) in [7, 11) is 0. The number of alkyl halides is 3. The SMILES string of the molecule is CCCOc1cnc(-c2ccc(OC(F)C(F)F)cc2)nc1. The van der Waals surface area contributed by atoms with Crippen molar-refractivity contribution in [2.75, 3.05) is 6.61 Å². The van der Waals surface area contributed by atoms with Gasteiger partial charge < -0.3 is 9.47 Å². The van der Waals surface area contributed by atoms with Crippen LogP contribution in [0.2, 0.25) is 0 Å². The van der Waals surface area contributed by atoms with E-state index in [0.717, 1.165) is 6.42 Å². The maximum Gasteiger partial charge on any atom is 0.304 e. The van der Waals surface area contributed by atoms with E-state index in [1.54, 1.807) is 24.5 Å². The molecule has 0 aliphatic carbocycles. The van der Waals surface area contributed by atoms with Gasteiger partial charge in [0.25, 0.3) is 6.36 Å². The summed E-state index contributed by atoms with van der Waals surface area (Å²) in [6.45, 7) is 2.58. The molecule has 0 fully saturated rings. The lowest BCUT2D eigenvalue weighted by atomic mass is 10.2. The molecule has 0 saturated heterocycles. The molecular formula is C15H15F3N2O2. The Morgan fingerprint density at radius 3 is 2.18 bits per heavy atom. The van der Waals surface area contributed by atoms with Crippen LogP contribution in [0, 0.1) is 0 Å². The zero-order valence-electron chi connectivity index (χ0n) is 11.9. The second kappa shape index (κ2) is 7.63. The van der Waals surface area contributed by atoms with Gasteiger partial charge in [-0.2, -0.15) is 4.39 Å². The summed E-state index contributed by atoms with van der Waals surface area (Å²) in [6, 6.07) is 5.90.